The van der Waals surface area contributed by atoms with E-state index in [0.29, 0.717) is 41.9 Å². The van der Waals surface area contributed by atoms with Crippen molar-refractivity contribution in [2.45, 2.75) is 124 Å². The summed E-state index contributed by atoms with van der Waals surface area (Å²) in [6, 6.07) is 5.49. The first-order valence-electron chi connectivity index (χ1n) is 15.5. The van der Waals surface area contributed by atoms with Crippen molar-refractivity contribution in [3.63, 3.8) is 0 Å². The Labute approximate surface area is 221 Å². The predicted octanol–water partition coefficient (Wildman–Crippen LogP) is 7.93. The molecule has 0 aromatic heterocycles. The highest BCUT2D eigenvalue weighted by Gasteiger charge is 2.37. The zero-order chi connectivity index (χ0) is 25.4. The average molecular weight is 496 g/mol. The lowest BCUT2D eigenvalue weighted by Crippen LogP contribution is -2.38. The molecule has 0 amide bonds. The van der Waals surface area contributed by atoms with Gasteiger partial charge in [-0.25, -0.2) is 0 Å². The summed E-state index contributed by atoms with van der Waals surface area (Å²) >= 11 is 0. The third-order valence-electron chi connectivity index (χ3n) is 10.3. The molecule has 1 aromatic rings. The van der Waals surface area contributed by atoms with E-state index in [9.17, 15) is 0 Å². The van der Waals surface area contributed by atoms with Crippen LogP contribution in [0.1, 0.15) is 104 Å². The average Bonchev–Trinajstić information content (AvgIpc) is 3.49. The quantitative estimate of drug-likeness (QED) is 0.383. The van der Waals surface area contributed by atoms with Crippen molar-refractivity contribution in [2.75, 3.05) is 13.1 Å². The van der Waals surface area contributed by atoms with Gasteiger partial charge in [-0.05, 0) is 123 Å². The van der Waals surface area contributed by atoms with Crippen LogP contribution < -0.4 is 9.47 Å². The largest absolute Gasteiger partial charge is 0.486 e. The van der Waals surface area contributed by atoms with E-state index >= 15 is 0 Å². The Morgan fingerprint density at radius 2 is 1.14 bits per heavy atom. The number of nitrogens with zero attached hydrogens (tertiary/aromatic N) is 1. The fourth-order valence-electron chi connectivity index (χ4n) is 7.98. The van der Waals surface area contributed by atoms with Gasteiger partial charge in [-0.2, -0.15) is 0 Å². The van der Waals surface area contributed by atoms with Gasteiger partial charge in [0.25, 0.3) is 0 Å². The second kappa shape index (κ2) is 11.3. The fraction of sp³-hybridized carbons (Fsp3) is 0.818. The zero-order valence-corrected chi connectivity index (χ0v) is 24.1. The minimum Gasteiger partial charge on any atom is -0.486 e. The SMILES string of the molecule is CC1CCC(C(C)C)C(Oc2cc3c(cc2OC2CC(C)CCC2C(C)C)CC(N2CCCC2)C3)C1. The Balaban J connectivity index is 1.44. The van der Waals surface area contributed by atoms with Gasteiger partial charge in [0.1, 0.15) is 12.2 Å². The molecule has 5 rings (SSSR count). The molecule has 3 heteroatoms. The lowest BCUT2D eigenvalue weighted by molar-refractivity contribution is 0.0264. The summed E-state index contributed by atoms with van der Waals surface area (Å²) in [5.41, 5.74) is 3.02. The third kappa shape index (κ3) is 5.77. The van der Waals surface area contributed by atoms with E-state index in [1.165, 1.54) is 88.4 Å². The number of ether oxygens (including phenoxy) is 2. The molecule has 2 saturated carbocycles. The van der Waals surface area contributed by atoms with Gasteiger partial charge >= 0.3 is 0 Å². The Morgan fingerprint density at radius 3 is 1.56 bits per heavy atom. The third-order valence-corrected chi connectivity index (χ3v) is 10.3. The number of benzene rings is 1. The molecule has 1 aromatic carbocycles. The van der Waals surface area contributed by atoms with Gasteiger partial charge in [0.15, 0.2) is 11.5 Å². The number of hydrogen-bond donors (Lipinski definition) is 0. The summed E-state index contributed by atoms with van der Waals surface area (Å²) in [7, 11) is 0. The van der Waals surface area contributed by atoms with Crippen molar-refractivity contribution in [1.82, 2.24) is 4.90 Å². The summed E-state index contributed by atoms with van der Waals surface area (Å²) in [6.45, 7) is 16.9. The first kappa shape index (κ1) is 26.4. The lowest BCUT2D eigenvalue weighted by Gasteiger charge is -2.39. The normalized spacial score (nSPS) is 35.4. The number of hydrogen-bond acceptors (Lipinski definition) is 3. The van der Waals surface area contributed by atoms with Gasteiger partial charge in [0, 0.05) is 6.04 Å². The summed E-state index contributed by atoms with van der Waals surface area (Å²) < 4.78 is 14.1. The van der Waals surface area contributed by atoms with Gasteiger partial charge in [-0.3, -0.25) is 4.90 Å². The predicted molar refractivity (Wildman–Crippen MR) is 150 cm³/mol. The first-order valence-corrected chi connectivity index (χ1v) is 15.5. The number of fused-ring (bicyclic) bond motifs is 1. The molecule has 6 atom stereocenters. The summed E-state index contributed by atoms with van der Waals surface area (Å²) in [5, 5.41) is 0. The van der Waals surface area contributed by atoms with E-state index < -0.39 is 0 Å². The molecule has 0 radical (unpaired) electrons. The highest BCUT2D eigenvalue weighted by Crippen LogP contribution is 2.44. The van der Waals surface area contributed by atoms with E-state index in [-0.39, 0.29) is 0 Å². The van der Waals surface area contributed by atoms with Crippen LogP contribution >= 0.6 is 0 Å². The van der Waals surface area contributed by atoms with Crippen LogP contribution in [0.2, 0.25) is 0 Å². The molecule has 6 unspecified atom stereocenters. The fourth-order valence-corrected chi connectivity index (χ4v) is 7.98. The van der Waals surface area contributed by atoms with Crippen LogP contribution in [0.4, 0.5) is 0 Å². The van der Waals surface area contributed by atoms with E-state index in [1.54, 1.807) is 0 Å². The van der Waals surface area contributed by atoms with E-state index in [4.69, 9.17) is 9.47 Å². The van der Waals surface area contributed by atoms with E-state index in [2.05, 4.69) is 58.6 Å². The molecule has 3 aliphatic carbocycles. The van der Waals surface area contributed by atoms with Crippen molar-refractivity contribution < 1.29 is 9.47 Å². The second-order valence-corrected chi connectivity index (χ2v) is 13.8. The maximum Gasteiger partial charge on any atom is 0.161 e. The van der Waals surface area contributed by atoms with Gasteiger partial charge in [-0.15, -0.1) is 0 Å². The topological polar surface area (TPSA) is 21.7 Å². The van der Waals surface area contributed by atoms with Crippen LogP contribution in [0.25, 0.3) is 0 Å². The summed E-state index contributed by atoms with van der Waals surface area (Å²) in [5.74, 6) is 6.16. The molecule has 202 valence electrons. The lowest BCUT2D eigenvalue weighted by atomic mass is 9.75. The molecule has 1 aliphatic heterocycles. The molecular weight excluding hydrogens is 442 g/mol. The van der Waals surface area contributed by atoms with Crippen molar-refractivity contribution in [3.8, 4) is 11.5 Å². The highest BCUT2D eigenvalue weighted by atomic mass is 16.5. The Hall–Kier alpha value is -1.22. The van der Waals surface area contributed by atoms with Crippen molar-refractivity contribution in [2.24, 2.45) is 35.5 Å². The van der Waals surface area contributed by atoms with Crippen LogP contribution in [0.5, 0.6) is 11.5 Å². The van der Waals surface area contributed by atoms with Crippen molar-refractivity contribution in [1.29, 1.82) is 0 Å². The first-order chi connectivity index (χ1) is 17.3. The van der Waals surface area contributed by atoms with Gasteiger partial charge < -0.3 is 9.47 Å². The van der Waals surface area contributed by atoms with E-state index in [0.717, 1.165) is 23.3 Å². The van der Waals surface area contributed by atoms with Crippen LogP contribution in [-0.2, 0) is 12.8 Å². The van der Waals surface area contributed by atoms with Crippen LogP contribution in [0.15, 0.2) is 12.1 Å². The number of likely N-dealkylation sites (tertiary alicyclic amines) is 1. The standard InChI is InChI=1S/C33H53NO2/c1-21(2)28-11-9-23(5)15-30(28)35-32-19-25-17-27(34-13-7-8-14-34)18-26(25)20-33(32)36-31-16-24(6)10-12-29(31)22(3)4/h19-24,27-31H,7-18H2,1-6H3. The van der Waals surface area contributed by atoms with Crippen LogP contribution in [0.3, 0.4) is 0 Å². The van der Waals surface area contributed by atoms with Crippen LogP contribution in [-0.4, -0.2) is 36.2 Å². The monoisotopic (exact) mass is 495 g/mol. The minimum absolute atomic E-state index is 0.302. The summed E-state index contributed by atoms with van der Waals surface area (Å²) in [4.78, 5) is 2.73. The molecule has 1 saturated heterocycles. The van der Waals surface area contributed by atoms with Gasteiger partial charge in [-0.1, -0.05) is 54.4 Å². The maximum atomic E-state index is 7.04. The smallest absolute Gasteiger partial charge is 0.161 e. The van der Waals surface area contributed by atoms with Gasteiger partial charge in [0.2, 0.25) is 0 Å². The van der Waals surface area contributed by atoms with Gasteiger partial charge in [0.05, 0.1) is 0 Å². The maximum absolute atomic E-state index is 7.04. The Morgan fingerprint density at radius 1 is 0.694 bits per heavy atom. The zero-order valence-electron chi connectivity index (χ0n) is 24.1. The van der Waals surface area contributed by atoms with Crippen LogP contribution in [0, 0.1) is 35.5 Å². The van der Waals surface area contributed by atoms with Crippen molar-refractivity contribution in [3.05, 3.63) is 23.3 Å². The second-order valence-electron chi connectivity index (χ2n) is 13.8. The molecule has 3 nitrogen and oxygen atoms in total. The molecule has 0 spiro atoms. The molecule has 0 bridgehead atoms. The Kier molecular flexibility index (Phi) is 8.25. The molecule has 4 aliphatic rings. The highest BCUT2D eigenvalue weighted by molar-refractivity contribution is 5.50. The van der Waals surface area contributed by atoms with Crippen molar-refractivity contribution >= 4 is 0 Å². The number of rotatable bonds is 7. The molecule has 36 heavy (non-hydrogen) atoms. The molecule has 1 heterocycles. The molecule has 3 fully saturated rings. The summed E-state index contributed by atoms with van der Waals surface area (Å²) in [6.07, 6.45) is 13.3. The molecular formula is C33H53NO2. The van der Waals surface area contributed by atoms with E-state index in [1.807, 2.05) is 0 Å². The Bertz CT molecular complexity index is 810. The minimum atomic E-state index is 0.302. The molecule has 0 N–H and O–H groups in total.